The zero-order chi connectivity index (χ0) is 22.4. The molecule has 0 unspecified atom stereocenters. The minimum atomic E-state index is -4.15. The summed E-state index contributed by atoms with van der Waals surface area (Å²) >= 11 is 0. The lowest BCUT2D eigenvalue weighted by Crippen LogP contribution is -2.64. The van der Waals surface area contributed by atoms with E-state index in [2.05, 4.69) is 10.3 Å². The summed E-state index contributed by atoms with van der Waals surface area (Å²) in [5.41, 5.74) is -1.30. The van der Waals surface area contributed by atoms with Crippen molar-refractivity contribution in [2.24, 2.45) is 0 Å². The van der Waals surface area contributed by atoms with Crippen molar-refractivity contribution in [2.45, 2.75) is 56.0 Å². The Labute approximate surface area is 172 Å². The number of halogens is 3. The van der Waals surface area contributed by atoms with Crippen LogP contribution in [0.3, 0.4) is 0 Å². The summed E-state index contributed by atoms with van der Waals surface area (Å²) in [4.78, 5) is 25.2. The zero-order valence-electron chi connectivity index (χ0n) is 16.7. The van der Waals surface area contributed by atoms with Gasteiger partial charge >= 0.3 is 6.18 Å². The first-order chi connectivity index (χ1) is 14.0. The largest absolute Gasteiger partial charge is 0.483 e. The third-order valence-corrected chi connectivity index (χ3v) is 5.61. The van der Waals surface area contributed by atoms with Crippen LogP contribution in [0.15, 0.2) is 18.3 Å². The number of nitrogens with zero attached hydrogens (tertiary/aromatic N) is 1. The Bertz CT molecular complexity index is 686. The Balaban J connectivity index is 0.00000101. The summed E-state index contributed by atoms with van der Waals surface area (Å²) in [6.45, 7) is 2.59. The molecule has 3 heterocycles. The molecular formula is C19H28F3N3O5. The number of carbonyl (C=O) groups is 2. The monoisotopic (exact) mass is 435 g/mol. The molecule has 170 valence electrons. The number of hydrogen-bond acceptors (Lipinski definition) is 5. The average molecular weight is 435 g/mol. The molecule has 2 saturated heterocycles. The molecule has 0 radical (unpaired) electrons. The van der Waals surface area contributed by atoms with Crippen LogP contribution in [-0.4, -0.2) is 82.1 Å². The number of rotatable bonds is 4. The van der Waals surface area contributed by atoms with Crippen LogP contribution in [0.5, 0.6) is 0 Å². The average Bonchev–Trinajstić information content (AvgIpc) is 3.18. The highest BCUT2D eigenvalue weighted by Gasteiger charge is 2.49. The van der Waals surface area contributed by atoms with E-state index in [0.29, 0.717) is 38.0 Å². The normalized spacial score (nSPS) is 26.5. The third-order valence-electron chi connectivity index (χ3n) is 5.61. The molecule has 2 aliphatic heterocycles. The van der Waals surface area contributed by atoms with Crippen LogP contribution in [0.4, 0.5) is 13.2 Å². The van der Waals surface area contributed by atoms with Crippen molar-refractivity contribution in [3.8, 4) is 0 Å². The molecule has 30 heavy (non-hydrogen) atoms. The highest BCUT2D eigenvalue weighted by Crippen LogP contribution is 2.40. The summed E-state index contributed by atoms with van der Waals surface area (Å²) in [5, 5.41) is 20.6. The summed E-state index contributed by atoms with van der Waals surface area (Å²) in [6, 6.07) is 2.81. The van der Waals surface area contributed by atoms with Crippen molar-refractivity contribution in [3.63, 3.8) is 0 Å². The zero-order valence-corrected chi connectivity index (χ0v) is 16.7. The standard InChI is InChI=1S/C18H26F3N3O3.CH2O2/c1-16(26)12-17(4-8-24(9-5-17)10-6-18(19,20)21)27-11-14(16)23-15(25)13-3-2-7-22-13;2-1-3/h2-3,7,14,22,26H,4-6,8-12H2,1H3,(H,23,25);1H,(H,2,3)/t14-,16-;/m0./s1. The Morgan fingerprint density at radius 2 is 2.07 bits per heavy atom. The molecule has 1 aromatic heterocycles. The van der Waals surface area contributed by atoms with E-state index >= 15 is 0 Å². The van der Waals surface area contributed by atoms with Crippen molar-refractivity contribution in [2.75, 3.05) is 26.2 Å². The maximum absolute atomic E-state index is 12.4. The smallest absolute Gasteiger partial charge is 0.390 e. The van der Waals surface area contributed by atoms with Crippen LogP contribution in [0.1, 0.15) is 43.1 Å². The molecule has 11 heteroatoms. The number of nitrogens with one attached hydrogen (secondary N) is 2. The van der Waals surface area contributed by atoms with Crippen molar-refractivity contribution < 1.29 is 37.7 Å². The lowest BCUT2D eigenvalue weighted by molar-refractivity contribution is -0.188. The van der Waals surface area contributed by atoms with Crippen LogP contribution < -0.4 is 5.32 Å². The number of carboxylic acid groups (broad SMARTS) is 1. The third kappa shape index (κ3) is 6.71. The second-order valence-corrected chi connectivity index (χ2v) is 7.95. The van der Waals surface area contributed by atoms with Gasteiger partial charge in [-0.05, 0) is 31.9 Å². The van der Waals surface area contributed by atoms with Gasteiger partial charge in [-0.15, -0.1) is 0 Å². The number of carbonyl (C=O) groups excluding carboxylic acids is 1. The molecule has 1 aromatic rings. The highest BCUT2D eigenvalue weighted by molar-refractivity contribution is 5.92. The molecule has 4 N–H and O–H groups in total. The predicted octanol–water partition coefficient (Wildman–Crippen LogP) is 1.77. The van der Waals surface area contributed by atoms with E-state index in [1.165, 1.54) is 0 Å². The van der Waals surface area contributed by atoms with Gasteiger partial charge in [0.25, 0.3) is 12.4 Å². The Morgan fingerprint density at radius 1 is 1.43 bits per heavy atom. The number of H-pyrrole nitrogens is 1. The summed E-state index contributed by atoms with van der Waals surface area (Å²) in [6.07, 6.45) is -1.85. The molecule has 0 bridgehead atoms. The Morgan fingerprint density at radius 3 is 2.57 bits per heavy atom. The van der Waals surface area contributed by atoms with Crippen molar-refractivity contribution >= 4 is 12.4 Å². The molecule has 3 rings (SSSR count). The van der Waals surface area contributed by atoms with Gasteiger partial charge in [-0.2, -0.15) is 13.2 Å². The lowest BCUT2D eigenvalue weighted by atomic mass is 9.75. The van der Waals surface area contributed by atoms with E-state index in [9.17, 15) is 23.1 Å². The number of hydrogen-bond donors (Lipinski definition) is 4. The first-order valence-corrected chi connectivity index (χ1v) is 9.68. The molecular weight excluding hydrogens is 407 g/mol. The lowest BCUT2D eigenvalue weighted by Gasteiger charge is -2.51. The first-order valence-electron chi connectivity index (χ1n) is 9.68. The van der Waals surface area contributed by atoms with Gasteiger partial charge in [0.1, 0.15) is 5.69 Å². The number of aromatic nitrogens is 1. The molecule has 0 saturated carbocycles. The van der Waals surface area contributed by atoms with Crippen LogP contribution in [0.2, 0.25) is 0 Å². The van der Waals surface area contributed by atoms with Crippen molar-refractivity contribution in [3.05, 3.63) is 24.0 Å². The van der Waals surface area contributed by atoms with E-state index in [-0.39, 0.29) is 25.5 Å². The van der Waals surface area contributed by atoms with Gasteiger partial charge in [0.15, 0.2) is 0 Å². The highest BCUT2D eigenvalue weighted by atomic mass is 19.4. The summed E-state index contributed by atoms with van der Waals surface area (Å²) < 4.78 is 43.2. The van der Waals surface area contributed by atoms with E-state index in [1.54, 1.807) is 30.2 Å². The van der Waals surface area contributed by atoms with Gasteiger partial charge in [0, 0.05) is 32.3 Å². The molecule has 0 aromatic carbocycles. The van der Waals surface area contributed by atoms with Crippen molar-refractivity contribution in [1.82, 2.24) is 15.2 Å². The van der Waals surface area contributed by atoms with Gasteiger partial charge < -0.3 is 30.2 Å². The molecule has 2 fully saturated rings. The molecule has 2 atom stereocenters. The minimum Gasteiger partial charge on any atom is -0.483 e. The number of piperidine rings is 1. The number of ether oxygens (including phenoxy) is 1. The van der Waals surface area contributed by atoms with E-state index in [0.717, 1.165) is 0 Å². The number of aromatic amines is 1. The van der Waals surface area contributed by atoms with E-state index in [1.807, 2.05) is 0 Å². The first kappa shape index (κ1) is 24.2. The second-order valence-electron chi connectivity index (χ2n) is 7.95. The van der Waals surface area contributed by atoms with E-state index in [4.69, 9.17) is 14.6 Å². The maximum atomic E-state index is 12.4. The topological polar surface area (TPSA) is 115 Å². The van der Waals surface area contributed by atoms with Gasteiger partial charge in [-0.3, -0.25) is 9.59 Å². The molecule has 0 aliphatic carbocycles. The van der Waals surface area contributed by atoms with Gasteiger partial charge in [-0.1, -0.05) is 0 Å². The number of likely N-dealkylation sites (tertiary alicyclic amines) is 1. The summed E-state index contributed by atoms with van der Waals surface area (Å²) in [7, 11) is 0. The molecule has 1 spiro atoms. The van der Waals surface area contributed by atoms with Crippen LogP contribution in [0.25, 0.3) is 0 Å². The quantitative estimate of drug-likeness (QED) is 0.536. The fourth-order valence-electron chi connectivity index (χ4n) is 3.96. The fraction of sp³-hybridized carbons (Fsp3) is 0.684. The van der Waals surface area contributed by atoms with Crippen LogP contribution in [0, 0.1) is 0 Å². The van der Waals surface area contributed by atoms with Gasteiger partial charge in [-0.25, -0.2) is 0 Å². The SMILES string of the molecule is C[C@]1(O)CC2(CCN(CCC(F)(F)F)CC2)OC[C@@H]1NC(=O)c1ccc[nH]1.O=CO. The van der Waals surface area contributed by atoms with Gasteiger partial charge in [0.2, 0.25) is 0 Å². The number of alkyl halides is 3. The van der Waals surface area contributed by atoms with E-state index < -0.39 is 29.8 Å². The van der Waals surface area contributed by atoms with Crippen molar-refractivity contribution in [1.29, 1.82) is 0 Å². The molecule has 8 nitrogen and oxygen atoms in total. The minimum absolute atomic E-state index is 0.00912. The molecule has 1 amide bonds. The second kappa shape index (κ2) is 9.80. The van der Waals surface area contributed by atoms with Crippen LogP contribution in [-0.2, 0) is 9.53 Å². The number of aliphatic hydroxyl groups is 1. The maximum Gasteiger partial charge on any atom is 0.390 e. The number of amides is 1. The van der Waals surface area contributed by atoms with Gasteiger partial charge in [0.05, 0.1) is 30.3 Å². The Hall–Kier alpha value is -2.11. The summed E-state index contributed by atoms with van der Waals surface area (Å²) in [5.74, 6) is -0.313. The molecule has 2 aliphatic rings. The Kier molecular flexibility index (Phi) is 7.89. The fourth-order valence-corrected chi connectivity index (χ4v) is 3.96. The predicted molar refractivity (Wildman–Crippen MR) is 101 cm³/mol. The van der Waals surface area contributed by atoms with Crippen LogP contribution >= 0.6 is 0 Å².